The van der Waals surface area contributed by atoms with Gasteiger partial charge in [-0.15, -0.1) is 0 Å². The molecule has 1 aromatic heterocycles. The van der Waals surface area contributed by atoms with E-state index in [1.807, 2.05) is 37.8 Å². The Bertz CT molecular complexity index is 581. The SMILES string of the molecule is CC(=O)N1CCCCC1c1cccnc1NC(=O)OC(C)(C)C. The molecule has 0 radical (unpaired) electrons. The van der Waals surface area contributed by atoms with Crippen molar-refractivity contribution in [3.63, 3.8) is 0 Å². The predicted octanol–water partition coefficient (Wildman–Crippen LogP) is 3.50. The number of amides is 2. The lowest BCUT2D eigenvalue weighted by Gasteiger charge is -2.36. The zero-order chi connectivity index (χ0) is 17.0. The molecule has 1 atom stereocenters. The highest BCUT2D eigenvalue weighted by Crippen LogP contribution is 2.34. The van der Waals surface area contributed by atoms with E-state index >= 15 is 0 Å². The maximum absolute atomic E-state index is 12.0. The molecule has 0 spiro atoms. The first-order valence-electron chi connectivity index (χ1n) is 8.00. The van der Waals surface area contributed by atoms with E-state index in [0.29, 0.717) is 5.82 Å². The Hall–Kier alpha value is -2.11. The molecule has 1 aromatic rings. The normalized spacial score (nSPS) is 18.4. The van der Waals surface area contributed by atoms with Gasteiger partial charge in [-0.25, -0.2) is 9.78 Å². The lowest BCUT2D eigenvalue weighted by molar-refractivity contribution is -0.132. The molecule has 2 heterocycles. The van der Waals surface area contributed by atoms with Crippen LogP contribution < -0.4 is 5.32 Å². The third kappa shape index (κ3) is 4.68. The van der Waals surface area contributed by atoms with Crippen LogP contribution in [0.2, 0.25) is 0 Å². The van der Waals surface area contributed by atoms with Crippen LogP contribution in [0.1, 0.15) is 58.6 Å². The van der Waals surface area contributed by atoms with Gasteiger partial charge in [-0.2, -0.15) is 0 Å². The number of anilines is 1. The predicted molar refractivity (Wildman–Crippen MR) is 88.1 cm³/mol. The molecule has 1 aliphatic heterocycles. The first kappa shape index (κ1) is 17.2. The molecule has 0 aliphatic carbocycles. The third-order valence-electron chi connectivity index (χ3n) is 3.72. The van der Waals surface area contributed by atoms with Crippen LogP contribution in [-0.4, -0.2) is 34.0 Å². The summed E-state index contributed by atoms with van der Waals surface area (Å²) in [4.78, 5) is 30.0. The van der Waals surface area contributed by atoms with Gasteiger partial charge in [0.15, 0.2) is 0 Å². The van der Waals surface area contributed by atoms with Crippen LogP contribution in [0, 0.1) is 0 Å². The van der Waals surface area contributed by atoms with Gasteiger partial charge in [0, 0.05) is 25.2 Å². The van der Waals surface area contributed by atoms with Gasteiger partial charge >= 0.3 is 6.09 Å². The van der Waals surface area contributed by atoms with Gasteiger partial charge in [-0.05, 0) is 46.1 Å². The van der Waals surface area contributed by atoms with Crippen molar-refractivity contribution in [3.8, 4) is 0 Å². The van der Waals surface area contributed by atoms with Crippen molar-refractivity contribution >= 4 is 17.8 Å². The van der Waals surface area contributed by atoms with Crippen LogP contribution in [0.3, 0.4) is 0 Å². The summed E-state index contributed by atoms with van der Waals surface area (Å²) in [6.07, 6.45) is 4.01. The number of hydrogen-bond acceptors (Lipinski definition) is 4. The Morgan fingerprint density at radius 3 is 2.74 bits per heavy atom. The third-order valence-corrected chi connectivity index (χ3v) is 3.72. The van der Waals surface area contributed by atoms with Crippen LogP contribution in [0.25, 0.3) is 0 Å². The van der Waals surface area contributed by atoms with Crippen molar-refractivity contribution in [3.05, 3.63) is 23.9 Å². The number of hydrogen-bond donors (Lipinski definition) is 1. The number of nitrogens with one attached hydrogen (secondary N) is 1. The molecule has 0 bridgehead atoms. The quantitative estimate of drug-likeness (QED) is 0.905. The van der Waals surface area contributed by atoms with Crippen molar-refractivity contribution < 1.29 is 14.3 Å². The number of pyridine rings is 1. The van der Waals surface area contributed by atoms with Crippen LogP contribution in [-0.2, 0) is 9.53 Å². The summed E-state index contributed by atoms with van der Waals surface area (Å²) in [5.74, 6) is 0.502. The van der Waals surface area contributed by atoms with E-state index < -0.39 is 11.7 Å². The number of carbonyl (C=O) groups is 2. The highest BCUT2D eigenvalue weighted by atomic mass is 16.6. The zero-order valence-corrected chi connectivity index (χ0v) is 14.3. The number of ether oxygens (including phenoxy) is 1. The molecule has 2 amide bonds. The van der Waals surface area contributed by atoms with Crippen LogP contribution >= 0.6 is 0 Å². The van der Waals surface area contributed by atoms with E-state index in [0.717, 1.165) is 31.4 Å². The first-order valence-corrected chi connectivity index (χ1v) is 8.00. The fraction of sp³-hybridized carbons (Fsp3) is 0.588. The van der Waals surface area contributed by atoms with E-state index in [1.165, 1.54) is 0 Å². The minimum Gasteiger partial charge on any atom is -0.444 e. The van der Waals surface area contributed by atoms with Crippen LogP contribution in [0.15, 0.2) is 18.3 Å². The molecule has 6 heteroatoms. The minimum atomic E-state index is -0.574. The second-order valence-corrected chi connectivity index (χ2v) is 6.79. The fourth-order valence-electron chi connectivity index (χ4n) is 2.82. The molecule has 1 unspecified atom stereocenters. The van der Waals surface area contributed by atoms with Crippen molar-refractivity contribution in [2.45, 2.75) is 58.6 Å². The molecule has 0 aromatic carbocycles. The lowest BCUT2D eigenvalue weighted by atomic mass is 9.95. The average Bonchev–Trinajstić information content (AvgIpc) is 2.45. The lowest BCUT2D eigenvalue weighted by Crippen LogP contribution is -2.37. The van der Waals surface area contributed by atoms with Crippen molar-refractivity contribution in [2.24, 2.45) is 0 Å². The first-order chi connectivity index (χ1) is 10.8. The largest absolute Gasteiger partial charge is 0.444 e. The maximum atomic E-state index is 12.0. The number of likely N-dealkylation sites (tertiary alicyclic amines) is 1. The van der Waals surface area contributed by atoms with E-state index in [1.54, 1.807) is 13.1 Å². The summed E-state index contributed by atoms with van der Waals surface area (Å²) < 4.78 is 5.29. The average molecular weight is 319 g/mol. The number of piperidine rings is 1. The molecule has 1 saturated heterocycles. The number of aromatic nitrogens is 1. The van der Waals surface area contributed by atoms with Gasteiger partial charge in [0.2, 0.25) is 5.91 Å². The van der Waals surface area contributed by atoms with Gasteiger partial charge < -0.3 is 9.64 Å². The summed E-state index contributed by atoms with van der Waals surface area (Å²) in [6.45, 7) is 7.75. The highest BCUT2D eigenvalue weighted by Gasteiger charge is 2.29. The van der Waals surface area contributed by atoms with Crippen LogP contribution in [0.5, 0.6) is 0 Å². The Balaban J connectivity index is 2.22. The van der Waals surface area contributed by atoms with Gasteiger partial charge in [0.25, 0.3) is 0 Å². The monoisotopic (exact) mass is 319 g/mol. The Morgan fingerprint density at radius 2 is 2.09 bits per heavy atom. The molecule has 126 valence electrons. The molecule has 6 nitrogen and oxygen atoms in total. The second-order valence-electron chi connectivity index (χ2n) is 6.79. The molecule has 1 aliphatic rings. The molecule has 0 saturated carbocycles. The molecule has 23 heavy (non-hydrogen) atoms. The van der Waals surface area contributed by atoms with Crippen LogP contribution in [0.4, 0.5) is 10.6 Å². The van der Waals surface area contributed by atoms with Gasteiger partial charge in [-0.1, -0.05) is 6.07 Å². The second kappa shape index (κ2) is 6.98. The zero-order valence-electron chi connectivity index (χ0n) is 14.3. The number of carbonyl (C=O) groups excluding carboxylic acids is 2. The topological polar surface area (TPSA) is 71.5 Å². The van der Waals surface area contributed by atoms with E-state index in [4.69, 9.17) is 4.74 Å². The van der Waals surface area contributed by atoms with E-state index in [2.05, 4.69) is 10.3 Å². The summed E-state index contributed by atoms with van der Waals surface area (Å²) in [6, 6.07) is 3.67. The fourth-order valence-corrected chi connectivity index (χ4v) is 2.82. The van der Waals surface area contributed by atoms with Crippen molar-refractivity contribution in [1.29, 1.82) is 0 Å². The molecular weight excluding hydrogens is 294 g/mol. The molecule has 1 fully saturated rings. The summed E-state index contributed by atoms with van der Waals surface area (Å²) >= 11 is 0. The Morgan fingerprint density at radius 1 is 1.35 bits per heavy atom. The standard InChI is InChI=1S/C17H25N3O3/c1-12(21)20-11-6-5-9-14(20)13-8-7-10-18-15(13)19-16(22)23-17(2,3)4/h7-8,10,14H,5-6,9,11H2,1-4H3,(H,18,19,22). The Labute approximate surface area is 137 Å². The smallest absolute Gasteiger partial charge is 0.413 e. The number of rotatable bonds is 2. The molecular formula is C17H25N3O3. The number of nitrogens with zero attached hydrogens (tertiary/aromatic N) is 2. The molecule has 2 rings (SSSR count). The van der Waals surface area contributed by atoms with Gasteiger partial charge in [0.1, 0.15) is 11.4 Å². The van der Waals surface area contributed by atoms with Crippen molar-refractivity contribution in [1.82, 2.24) is 9.88 Å². The summed E-state index contributed by atoms with van der Waals surface area (Å²) in [5.41, 5.74) is 0.281. The maximum Gasteiger partial charge on any atom is 0.413 e. The summed E-state index contributed by atoms with van der Waals surface area (Å²) in [7, 11) is 0. The van der Waals surface area contributed by atoms with E-state index in [9.17, 15) is 9.59 Å². The summed E-state index contributed by atoms with van der Waals surface area (Å²) in [5, 5.41) is 2.71. The van der Waals surface area contributed by atoms with Gasteiger partial charge in [0.05, 0.1) is 6.04 Å². The minimum absolute atomic E-state index is 0.0433. The van der Waals surface area contributed by atoms with E-state index in [-0.39, 0.29) is 11.9 Å². The van der Waals surface area contributed by atoms with Gasteiger partial charge in [-0.3, -0.25) is 10.1 Å². The Kier molecular flexibility index (Phi) is 5.23. The van der Waals surface area contributed by atoms with Crippen molar-refractivity contribution in [2.75, 3.05) is 11.9 Å². The highest BCUT2D eigenvalue weighted by molar-refractivity contribution is 5.85. The molecule has 1 N–H and O–H groups in total.